The monoisotopic (exact) mass is 343 g/mol. The van der Waals surface area contributed by atoms with Crippen LogP contribution >= 0.6 is 0 Å². The van der Waals surface area contributed by atoms with Gasteiger partial charge in [0.1, 0.15) is 5.75 Å². The Morgan fingerprint density at radius 3 is 2.36 bits per heavy atom. The van der Waals surface area contributed by atoms with E-state index in [0.717, 1.165) is 23.9 Å². The summed E-state index contributed by atoms with van der Waals surface area (Å²) in [4.78, 5) is 0. The van der Waals surface area contributed by atoms with Gasteiger partial charge in [-0.3, -0.25) is 0 Å². The van der Waals surface area contributed by atoms with Crippen LogP contribution in [0.1, 0.15) is 55.5 Å². The zero-order valence-electron chi connectivity index (χ0n) is 15.9. The van der Waals surface area contributed by atoms with E-state index in [1.807, 2.05) is 23.9 Å². The van der Waals surface area contributed by atoms with Crippen LogP contribution in [0.25, 0.3) is 0 Å². The van der Waals surface area contributed by atoms with Crippen LogP contribution in [0.5, 0.6) is 11.6 Å². The van der Waals surface area contributed by atoms with E-state index in [2.05, 4.69) is 36.4 Å². The van der Waals surface area contributed by atoms with Gasteiger partial charge >= 0.3 is 0 Å². The zero-order valence-corrected chi connectivity index (χ0v) is 15.9. The molecule has 0 saturated heterocycles. The molecular weight excluding hydrogens is 314 g/mol. The first-order chi connectivity index (χ1) is 12.0. The van der Waals surface area contributed by atoms with Crippen molar-refractivity contribution in [2.24, 2.45) is 13.0 Å². The average Bonchev–Trinajstić information content (AvgIpc) is 3.39. The van der Waals surface area contributed by atoms with Crippen molar-refractivity contribution < 1.29 is 9.47 Å². The highest BCUT2D eigenvalue weighted by molar-refractivity contribution is 5.34. The number of aryl methyl sites for hydroxylation is 1. The summed E-state index contributed by atoms with van der Waals surface area (Å²) in [5, 5.41) is 8.41. The van der Waals surface area contributed by atoms with E-state index in [-0.39, 0.29) is 0 Å². The minimum Gasteiger partial charge on any atom is -0.497 e. The van der Waals surface area contributed by atoms with E-state index in [9.17, 15) is 0 Å². The van der Waals surface area contributed by atoms with Crippen molar-refractivity contribution in [1.82, 2.24) is 15.1 Å². The molecule has 1 aliphatic rings. The molecule has 1 aliphatic carbocycles. The topological polar surface area (TPSA) is 48.3 Å². The number of aromatic nitrogens is 2. The first kappa shape index (κ1) is 17.8. The maximum Gasteiger partial charge on any atom is 0.216 e. The van der Waals surface area contributed by atoms with Crippen molar-refractivity contribution in [2.75, 3.05) is 14.2 Å². The molecule has 1 saturated carbocycles. The second-order valence-electron chi connectivity index (χ2n) is 7.12. The Morgan fingerprint density at radius 2 is 1.84 bits per heavy atom. The molecule has 0 unspecified atom stereocenters. The molecule has 1 aromatic carbocycles. The lowest BCUT2D eigenvalue weighted by Crippen LogP contribution is -2.23. The van der Waals surface area contributed by atoms with Crippen molar-refractivity contribution >= 4 is 0 Å². The molecule has 1 heterocycles. The Bertz CT molecular complexity index is 702. The van der Waals surface area contributed by atoms with E-state index in [0.29, 0.717) is 17.9 Å². The minimum atomic E-state index is 0.357. The van der Waals surface area contributed by atoms with Gasteiger partial charge in [0.05, 0.1) is 25.5 Å². The second kappa shape index (κ2) is 7.48. The minimum absolute atomic E-state index is 0.357. The van der Waals surface area contributed by atoms with Crippen molar-refractivity contribution in [3.05, 3.63) is 41.1 Å². The first-order valence-electron chi connectivity index (χ1n) is 9.02. The quantitative estimate of drug-likeness (QED) is 0.792. The van der Waals surface area contributed by atoms with Crippen LogP contribution in [-0.4, -0.2) is 24.0 Å². The summed E-state index contributed by atoms with van der Waals surface area (Å²) in [6, 6.07) is 8.76. The Hall–Kier alpha value is -2.01. The number of methoxy groups -OCH3 is 2. The number of ether oxygens (including phenoxy) is 2. The van der Waals surface area contributed by atoms with Crippen molar-refractivity contribution in [2.45, 2.75) is 45.2 Å². The van der Waals surface area contributed by atoms with Gasteiger partial charge in [0.25, 0.3) is 0 Å². The molecule has 25 heavy (non-hydrogen) atoms. The summed E-state index contributed by atoms with van der Waals surface area (Å²) in [6.07, 6.45) is 2.57. The maximum atomic E-state index is 5.60. The fraction of sp³-hybridized carbons (Fsp3) is 0.550. The van der Waals surface area contributed by atoms with Crippen LogP contribution in [0.3, 0.4) is 0 Å². The summed E-state index contributed by atoms with van der Waals surface area (Å²) in [5.74, 6) is 2.82. The third-order valence-corrected chi connectivity index (χ3v) is 4.93. The van der Waals surface area contributed by atoms with Crippen molar-refractivity contribution in [3.8, 4) is 11.6 Å². The lowest BCUT2D eigenvalue weighted by molar-refractivity contribution is 0.365. The molecule has 1 N–H and O–H groups in total. The number of nitrogens with zero attached hydrogens (tertiary/aromatic N) is 2. The fourth-order valence-corrected chi connectivity index (χ4v) is 3.47. The number of benzene rings is 1. The predicted octanol–water partition coefficient (Wildman–Crippen LogP) is 3.80. The maximum absolute atomic E-state index is 5.60. The Balaban J connectivity index is 1.80. The lowest BCUT2D eigenvalue weighted by Gasteiger charge is -2.20. The molecule has 0 amide bonds. The molecule has 1 atom stereocenters. The van der Waals surface area contributed by atoms with Gasteiger partial charge < -0.3 is 14.8 Å². The number of hydrogen-bond donors (Lipinski definition) is 1. The van der Waals surface area contributed by atoms with Gasteiger partial charge in [-0.05, 0) is 42.4 Å². The molecule has 2 aromatic rings. The summed E-state index contributed by atoms with van der Waals surface area (Å²) < 4.78 is 12.7. The third-order valence-electron chi connectivity index (χ3n) is 4.93. The fourth-order valence-electron chi connectivity index (χ4n) is 3.47. The normalized spacial score (nSPS) is 15.4. The molecule has 136 valence electrons. The third kappa shape index (κ3) is 3.82. The van der Waals surface area contributed by atoms with E-state index >= 15 is 0 Å². The van der Waals surface area contributed by atoms with Crippen molar-refractivity contribution in [3.63, 3.8) is 0 Å². The van der Waals surface area contributed by atoms with Gasteiger partial charge in [-0.15, -0.1) is 0 Å². The van der Waals surface area contributed by atoms with Crippen LogP contribution in [0.15, 0.2) is 24.3 Å². The number of hydrogen-bond acceptors (Lipinski definition) is 4. The van der Waals surface area contributed by atoms with Gasteiger partial charge in [0.15, 0.2) is 0 Å². The molecule has 0 radical (unpaired) electrons. The van der Waals surface area contributed by atoms with Crippen LogP contribution in [0.2, 0.25) is 0 Å². The number of rotatable bonds is 8. The standard InChI is InChI=1S/C20H29N3O2/c1-13(2)18-17(20(25-5)23(3)22-18)12-21-19(14-6-7-14)15-8-10-16(24-4)11-9-15/h8-11,13-14,19,21H,6-7,12H2,1-5H3/t19-/m1/s1. The second-order valence-corrected chi connectivity index (χ2v) is 7.12. The SMILES string of the molecule is COc1ccc([C@H](NCc2c(C(C)C)nn(C)c2OC)C2CC2)cc1. The highest BCUT2D eigenvalue weighted by Gasteiger charge is 2.32. The van der Waals surface area contributed by atoms with Crippen molar-refractivity contribution in [1.29, 1.82) is 0 Å². The smallest absolute Gasteiger partial charge is 0.216 e. The molecular formula is C20H29N3O2. The largest absolute Gasteiger partial charge is 0.497 e. The molecule has 3 rings (SSSR count). The van der Waals surface area contributed by atoms with Gasteiger partial charge in [-0.2, -0.15) is 5.10 Å². The molecule has 5 heteroatoms. The lowest BCUT2D eigenvalue weighted by atomic mass is 10.0. The first-order valence-corrected chi connectivity index (χ1v) is 9.02. The molecule has 1 aromatic heterocycles. The highest BCUT2D eigenvalue weighted by Crippen LogP contribution is 2.42. The highest BCUT2D eigenvalue weighted by atomic mass is 16.5. The van der Waals surface area contributed by atoms with E-state index < -0.39 is 0 Å². The van der Waals surface area contributed by atoms with Gasteiger partial charge in [0.2, 0.25) is 5.88 Å². The van der Waals surface area contributed by atoms with E-state index in [4.69, 9.17) is 9.47 Å². The van der Waals surface area contributed by atoms with Gasteiger partial charge in [-0.1, -0.05) is 26.0 Å². The molecule has 5 nitrogen and oxygen atoms in total. The Kier molecular flexibility index (Phi) is 5.33. The van der Waals surface area contributed by atoms with E-state index in [1.54, 1.807) is 14.2 Å². The summed E-state index contributed by atoms with van der Waals surface area (Å²) in [5.41, 5.74) is 3.59. The number of nitrogens with one attached hydrogen (secondary N) is 1. The van der Waals surface area contributed by atoms with Crippen LogP contribution in [0.4, 0.5) is 0 Å². The summed E-state index contributed by atoms with van der Waals surface area (Å²) in [6.45, 7) is 5.11. The molecule has 1 fully saturated rings. The van der Waals surface area contributed by atoms with Gasteiger partial charge in [0, 0.05) is 19.6 Å². The summed E-state index contributed by atoms with van der Waals surface area (Å²) >= 11 is 0. The van der Waals surface area contributed by atoms with Gasteiger partial charge in [-0.25, -0.2) is 4.68 Å². The van der Waals surface area contributed by atoms with Crippen LogP contribution in [0, 0.1) is 5.92 Å². The Morgan fingerprint density at radius 1 is 1.16 bits per heavy atom. The molecule has 0 bridgehead atoms. The van der Waals surface area contributed by atoms with Crippen LogP contribution in [-0.2, 0) is 13.6 Å². The average molecular weight is 343 g/mol. The summed E-state index contributed by atoms with van der Waals surface area (Å²) in [7, 11) is 5.36. The Labute approximate surface area is 150 Å². The zero-order chi connectivity index (χ0) is 18.0. The predicted molar refractivity (Wildman–Crippen MR) is 99.1 cm³/mol. The molecule has 0 spiro atoms. The molecule has 0 aliphatic heterocycles. The van der Waals surface area contributed by atoms with E-state index in [1.165, 1.54) is 24.0 Å². The van der Waals surface area contributed by atoms with Crippen LogP contribution < -0.4 is 14.8 Å².